The van der Waals surface area contributed by atoms with Crippen molar-refractivity contribution in [3.63, 3.8) is 0 Å². The molecule has 1 aromatic heterocycles. The first-order valence-corrected chi connectivity index (χ1v) is 7.44. The molecule has 0 fully saturated rings. The summed E-state index contributed by atoms with van der Waals surface area (Å²) in [7, 11) is 0. The van der Waals surface area contributed by atoms with Crippen molar-refractivity contribution in [3.05, 3.63) is 33.5 Å². The van der Waals surface area contributed by atoms with Crippen LogP contribution in [-0.2, 0) is 6.61 Å². The van der Waals surface area contributed by atoms with Gasteiger partial charge in [-0.05, 0) is 34.5 Å². The SMILES string of the molecule is CCCNc1nnc(COc2cc(F)ccc2Br)s1. The van der Waals surface area contributed by atoms with Gasteiger partial charge in [-0.25, -0.2) is 4.39 Å². The quantitative estimate of drug-likeness (QED) is 0.863. The van der Waals surface area contributed by atoms with Crippen LogP contribution in [0, 0.1) is 5.82 Å². The van der Waals surface area contributed by atoms with Crippen molar-refractivity contribution in [2.24, 2.45) is 0 Å². The summed E-state index contributed by atoms with van der Waals surface area (Å²) >= 11 is 4.74. The Hall–Kier alpha value is -1.21. The predicted octanol–water partition coefficient (Wildman–Crippen LogP) is 3.84. The van der Waals surface area contributed by atoms with E-state index in [1.54, 1.807) is 6.07 Å². The van der Waals surface area contributed by atoms with Crippen LogP contribution >= 0.6 is 27.3 Å². The smallest absolute Gasteiger partial charge is 0.205 e. The summed E-state index contributed by atoms with van der Waals surface area (Å²) in [5.74, 6) is 0.124. The van der Waals surface area contributed by atoms with Crippen LogP contribution in [0.3, 0.4) is 0 Å². The summed E-state index contributed by atoms with van der Waals surface area (Å²) in [6, 6.07) is 4.31. The molecule has 4 nitrogen and oxygen atoms in total. The second-order valence-electron chi connectivity index (χ2n) is 3.79. The van der Waals surface area contributed by atoms with Crippen molar-refractivity contribution >= 4 is 32.4 Å². The van der Waals surface area contributed by atoms with Gasteiger partial charge in [-0.15, -0.1) is 10.2 Å². The van der Waals surface area contributed by atoms with Crippen molar-refractivity contribution < 1.29 is 9.13 Å². The molecular formula is C12H13BrFN3OS. The van der Waals surface area contributed by atoms with Crippen LogP contribution in [0.1, 0.15) is 18.4 Å². The van der Waals surface area contributed by atoms with Crippen molar-refractivity contribution in [1.29, 1.82) is 0 Å². The zero-order valence-electron chi connectivity index (χ0n) is 10.3. The third-order valence-corrected chi connectivity index (χ3v) is 3.75. The summed E-state index contributed by atoms with van der Waals surface area (Å²) in [6.07, 6.45) is 1.03. The molecule has 19 heavy (non-hydrogen) atoms. The molecule has 0 amide bonds. The zero-order valence-corrected chi connectivity index (χ0v) is 12.7. The second-order valence-corrected chi connectivity index (χ2v) is 5.71. The Morgan fingerprint density at radius 3 is 3.05 bits per heavy atom. The summed E-state index contributed by atoms with van der Waals surface area (Å²) in [4.78, 5) is 0. The maximum Gasteiger partial charge on any atom is 0.205 e. The first-order valence-electron chi connectivity index (χ1n) is 5.83. The lowest BCUT2D eigenvalue weighted by atomic mass is 10.3. The first kappa shape index (κ1) is 14.2. The van der Waals surface area contributed by atoms with E-state index in [1.165, 1.54) is 23.5 Å². The van der Waals surface area contributed by atoms with E-state index in [4.69, 9.17) is 4.74 Å². The molecule has 1 N–H and O–H groups in total. The minimum Gasteiger partial charge on any atom is -0.485 e. The average Bonchev–Trinajstić information content (AvgIpc) is 2.85. The van der Waals surface area contributed by atoms with Gasteiger partial charge >= 0.3 is 0 Å². The molecule has 0 saturated heterocycles. The van der Waals surface area contributed by atoms with E-state index >= 15 is 0 Å². The molecule has 7 heteroatoms. The van der Waals surface area contributed by atoms with Crippen LogP contribution in [0.4, 0.5) is 9.52 Å². The number of nitrogens with one attached hydrogen (secondary N) is 1. The van der Waals surface area contributed by atoms with Crippen LogP contribution in [0.5, 0.6) is 5.75 Å². The molecule has 0 radical (unpaired) electrons. The molecule has 0 aliphatic carbocycles. The van der Waals surface area contributed by atoms with Crippen LogP contribution in [0.25, 0.3) is 0 Å². The topological polar surface area (TPSA) is 47.0 Å². The molecule has 2 rings (SSSR count). The fraction of sp³-hybridized carbons (Fsp3) is 0.333. The van der Waals surface area contributed by atoms with E-state index in [-0.39, 0.29) is 12.4 Å². The number of rotatable bonds is 6. The van der Waals surface area contributed by atoms with Crippen LogP contribution in [0.2, 0.25) is 0 Å². The summed E-state index contributed by atoms with van der Waals surface area (Å²) in [5, 5.41) is 12.7. The monoisotopic (exact) mass is 345 g/mol. The van der Waals surface area contributed by atoms with Crippen LogP contribution in [0.15, 0.2) is 22.7 Å². The molecular weight excluding hydrogens is 333 g/mol. The van der Waals surface area contributed by atoms with Crippen LogP contribution < -0.4 is 10.1 Å². The molecule has 0 aliphatic rings. The number of halogens is 2. The lowest BCUT2D eigenvalue weighted by Gasteiger charge is -2.05. The number of anilines is 1. The highest BCUT2D eigenvalue weighted by molar-refractivity contribution is 9.10. The third-order valence-electron chi connectivity index (χ3n) is 2.24. The minimum atomic E-state index is -0.333. The van der Waals surface area contributed by atoms with Gasteiger partial charge in [0, 0.05) is 12.6 Å². The lowest BCUT2D eigenvalue weighted by molar-refractivity contribution is 0.301. The van der Waals surface area contributed by atoms with Crippen LogP contribution in [-0.4, -0.2) is 16.7 Å². The number of hydrogen-bond acceptors (Lipinski definition) is 5. The Morgan fingerprint density at radius 1 is 1.42 bits per heavy atom. The molecule has 0 atom stereocenters. The number of ether oxygens (including phenoxy) is 1. The van der Waals surface area contributed by atoms with E-state index in [9.17, 15) is 4.39 Å². The predicted molar refractivity (Wildman–Crippen MR) is 77.1 cm³/mol. The van der Waals surface area contributed by atoms with Crippen molar-refractivity contribution in [2.45, 2.75) is 20.0 Å². The third kappa shape index (κ3) is 4.14. The van der Waals surface area contributed by atoms with Gasteiger partial charge in [0.15, 0.2) is 5.01 Å². The summed E-state index contributed by atoms with van der Waals surface area (Å²) in [5.41, 5.74) is 0. The van der Waals surface area contributed by atoms with Gasteiger partial charge in [0.05, 0.1) is 4.47 Å². The van der Waals surface area contributed by atoms with Gasteiger partial charge in [-0.2, -0.15) is 0 Å². The number of benzene rings is 1. The molecule has 0 saturated carbocycles. The maximum absolute atomic E-state index is 13.1. The number of nitrogens with zero attached hydrogens (tertiary/aromatic N) is 2. The lowest BCUT2D eigenvalue weighted by Crippen LogP contribution is -1.98. The van der Waals surface area contributed by atoms with E-state index in [0.29, 0.717) is 10.2 Å². The second kappa shape index (κ2) is 6.81. The zero-order chi connectivity index (χ0) is 13.7. The van der Waals surface area contributed by atoms with Crippen molar-refractivity contribution in [2.75, 3.05) is 11.9 Å². The normalized spacial score (nSPS) is 10.5. The van der Waals surface area contributed by atoms with Gasteiger partial charge in [0.2, 0.25) is 5.13 Å². The fourth-order valence-electron chi connectivity index (χ4n) is 1.34. The van der Waals surface area contributed by atoms with Crippen molar-refractivity contribution in [1.82, 2.24) is 10.2 Å². The highest BCUT2D eigenvalue weighted by Crippen LogP contribution is 2.27. The Balaban J connectivity index is 1.94. The standard InChI is InChI=1S/C12H13BrFN3OS/c1-2-5-15-12-17-16-11(19-12)7-18-10-6-8(14)3-4-9(10)13/h3-4,6H,2,5,7H2,1H3,(H,15,17). The van der Waals surface area contributed by atoms with Gasteiger partial charge < -0.3 is 10.1 Å². The van der Waals surface area contributed by atoms with E-state index in [0.717, 1.165) is 23.1 Å². The van der Waals surface area contributed by atoms with E-state index in [2.05, 4.69) is 38.4 Å². The Bertz CT molecular complexity index is 550. The summed E-state index contributed by atoms with van der Waals surface area (Å²) in [6.45, 7) is 3.22. The highest BCUT2D eigenvalue weighted by Gasteiger charge is 2.07. The molecule has 1 aromatic carbocycles. The van der Waals surface area contributed by atoms with Gasteiger partial charge in [0.25, 0.3) is 0 Å². The number of aromatic nitrogens is 2. The number of hydrogen-bond donors (Lipinski definition) is 1. The average molecular weight is 346 g/mol. The Labute approximate surface area is 123 Å². The molecule has 0 aliphatic heterocycles. The van der Waals surface area contributed by atoms with Gasteiger partial charge in [0.1, 0.15) is 18.2 Å². The summed E-state index contributed by atoms with van der Waals surface area (Å²) < 4.78 is 19.3. The largest absolute Gasteiger partial charge is 0.485 e. The molecule has 2 aromatic rings. The van der Waals surface area contributed by atoms with Crippen molar-refractivity contribution in [3.8, 4) is 5.75 Å². The van der Waals surface area contributed by atoms with E-state index in [1.807, 2.05) is 0 Å². The van der Waals surface area contributed by atoms with E-state index < -0.39 is 0 Å². The van der Waals surface area contributed by atoms with Gasteiger partial charge in [-0.1, -0.05) is 18.3 Å². The molecule has 0 spiro atoms. The minimum absolute atomic E-state index is 0.271. The molecule has 102 valence electrons. The molecule has 0 unspecified atom stereocenters. The molecule has 1 heterocycles. The highest BCUT2D eigenvalue weighted by atomic mass is 79.9. The fourth-order valence-corrected chi connectivity index (χ4v) is 2.38. The Kier molecular flexibility index (Phi) is 5.09. The maximum atomic E-state index is 13.1. The Morgan fingerprint density at radius 2 is 2.26 bits per heavy atom. The first-order chi connectivity index (χ1) is 9.19. The van der Waals surface area contributed by atoms with Gasteiger partial charge in [-0.3, -0.25) is 0 Å². The molecule has 0 bridgehead atoms.